The van der Waals surface area contributed by atoms with Gasteiger partial charge in [0.2, 0.25) is 0 Å². The molecule has 1 N–H and O–H groups in total. The number of aliphatic hydroxyl groups is 1. The third-order valence-corrected chi connectivity index (χ3v) is 2.95. The summed E-state index contributed by atoms with van der Waals surface area (Å²) in [6.45, 7) is -1.22. The fourth-order valence-corrected chi connectivity index (χ4v) is 2.00. The van der Waals surface area contributed by atoms with E-state index in [0.29, 0.717) is 11.1 Å². The molecule has 0 fully saturated rings. The van der Waals surface area contributed by atoms with Crippen molar-refractivity contribution < 1.29 is 9.22 Å². The maximum atomic E-state index is 10.3. The van der Waals surface area contributed by atoms with Gasteiger partial charge in [-0.25, -0.2) is 0 Å². The number of fused-ring (bicyclic) bond motifs is 1. The molecule has 0 saturated heterocycles. The van der Waals surface area contributed by atoms with Crippen molar-refractivity contribution in [2.45, 2.75) is 19.4 Å². The Hall–Kier alpha value is -0.870. The van der Waals surface area contributed by atoms with Crippen molar-refractivity contribution >= 4 is 26.8 Å². The average Bonchev–Trinajstić information content (AvgIpc) is 2.58. The van der Waals surface area contributed by atoms with Crippen LogP contribution in [0.25, 0.3) is 10.9 Å². The lowest BCUT2D eigenvalue weighted by molar-refractivity contribution is 0.0799. The number of aromatic nitrogens is 2. The van der Waals surface area contributed by atoms with Gasteiger partial charge in [0, 0.05) is 32.8 Å². The zero-order chi connectivity index (χ0) is 13.7. The summed E-state index contributed by atoms with van der Waals surface area (Å²) in [6.07, 6.45) is 1.78. The molecule has 0 amide bonds. The van der Waals surface area contributed by atoms with Gasteiger partial charge in [-0.3, -0.25) is 4.68 Å². The van der Waals surface area contributed by atoms with Crippen LogP contribution in [0.1, 0.15) is 23.5 Å². The van der Waals surface area contributed by atoms with E-state index < -0.39 is 12.5 Å². The number of hydrogen-bond acceptors (Lipinski definition) is 2. The van der Waals surface area contributed by atoms with Crippen LogP contribution in [0.2, 0.25) is 0 Å². The highest BCUT2D eigenvalue weighted by atomic mass is 79.9. The van der Waals surface area contributed by atoms with Crippen LogP contribution in [0.15, 0.2) is 22.8 Å². The summed E-state index contributed by atoms with van der Waals surface area (Å²) < 4.78 is 24.7. The molecule has 2 rings (SSSR count). The van der Waals surface area contributed by atoms with Crippen molar-refractivity contribution in [3.8, 4) is 0 Å². The number of aryl methyl sites for hydroxylation is 1. The van der Waals surface area contributed by atoms with Crippen molar-refractivity contribution in [3.05, 3.63) is 28.4 Å². The van der Waals surface area contributed by atoms with Crippen LogP contribution in [0.3, 0.4) is 0 Å². The number of rotatable bonds is 1. The first-order chi connectivity index (χ1) is 8.14. The minimum atomic E-state index is -2.51. The van der Waals surface area contributed by atoms with E-state index in [9.17, 15) is 5.11 Å². The van der Waals surface area contributed by atoms with Gasteiger partial charge < -0.3 is 5.11 Å². The van der Waals surface area contributed by atoms with Crippen LogP contribution in [-0.2, 0) is 12.6 Å². The maximum Gasteiger partial charge on any atom is 0.0995 e. The zero-order valence-corrected chi connectivity index (χ0v) is 10.0. The summed E-state index contributed by atoms with van der Waals surface area (Å²) in [5.74, 6) is 0. The Labute approximate surface area is 101 Å². The lowest BCUT2D eigenvalue weighted by Gasteiger charge is -2.18. The molecular formula is C11H13BrN2O. The molecule has 1 atom stereocenters. The van der Waals surface area contributed by atoms with E-state index in [4.69, 9.17) is 4.11 Å². The van der Waals surface area contributed by atoms with Crippen molar-refractivity contribution in [1.29, 1.82) is 0 Å². The number of benzene rings is 1. The molecule has 0 aliphatic heterocycles. The van der Waals surface area contributed by atoms with Gasteiger partial charge in [-0.1, -0.05) is 22.0 Å². The van der Waals surface area contributed by atoms with Crippen LogP contribution in [0.4, 0.5) is 0 Å². The van der Waals surface area contributed by atoms with Gasteiger partial charge in [0.1, 0.15) is 0 Å². The van der Waals surface area contributed by atoms with Gasteiger partial charge >= 0.3 is 0 Å². The minimum Gasteiger partial charge on any atom is -0.386 e. The predicted octanol–water partition coefficient (Wildman–Crippen LogP) is 2.56. The molecule has 0 radical (unpaired) electrons. The molecule has 0 aliphatic rings. The molecule has 1 aromatic carbocycles. The van der Waals surface area contributed by atoms with Gasteiger partial charge in [-0.2, -0.15) is 5.10 Å². The standard InChI is InChI=1S/C11H13BrN2O/c1-11(2,15)8-4-5-9(12)7-6-14(3)13-10(7)8/h4-6,15H,1-3H3/i1D3. The van der Waals surface area contributed by atoms with E-state index in [1.54, 1.807) is 30.1 Å². The van der Waals surface area contributed by atoms with E-state index in [1.165, 1.54) is 6.92 Å². The van der Waals surface area contributed by atoms with Gasteiger partial charge in [0.05, 0.1) is 11.1 Å². The summed E-state index contributed by atoms with van der Waals surface area (Å²) in [5, 5.41) is 15.3. The SMILES string of the molecule is [2H]C([2H])([2H])C(C)(O)c1ccc(Br)c2cn(C)nc12. The Balaban J connectivity index is 2.77. The van der Waals surface area contributed by atoms with Crippen LogP contribution >= 0.6 is 15.9 Å². The quantitative estimate of drug-likeness (QED) is 0.866. The maximum absolute atomic E-state index is 10.3. The molecule has 1 aromatic heterocycles. The first kappa shape index (κ1) is 7.41. The fourth-order valence-electron chi connectivity index (χ4n) is 1.58. The Bertz CT molecular complexity index is 604. The summed E-state index contributed by atoms with van der Waals surface area (Å²) >= 11 is 3.39. The van der Waals surface area contributed by atoms with Gasteiger partial charge in [0.25, 0.3) is 0 Å². The number of nitrogens with zero attached hydrogens (tertiary/aromatic N) is 2. The molecule has 0 bridgehead atoms. The molecule has 2 aromatic rings. The van der Waals surface area contributed by atoms with Crippen molar-refractivity contribution in [3.63, 3.8) is 0 Å². The number of halogens is 1. The van der Waals surface area contributed by atoms with E-state index in [2.05, 4.69) is 21.0 Å². The second kappa shape index (κ2) is 3.32. The Morgan fingerprint density at radius 2 is 2.33 bits per heavy atom. The normalized spacial score (nSPS) is 19.3. The van der Waals surface area contributed by atoms with Crippen molar-refractivity contribution in [2.24, 2.45) is 7.05 Å². The highest BCUT2D eigenvalue weighted by Gasteiger charge is 2.21. The third kappa shape index (κ3) is 1.79. The van der Waals surface area contributed by atoms with Gasteiger partial charge in [0.15, 0.2) is 0 Å². The molecule has 1 unspecified atom stereocenters. The lowest BCUT2D eigenvalue weighted by Crippen LogP contribution is -2.16. The summed E-state index contributed by atoms with van der Waals surface area (Å²) in [5.41, 5.74) is -1.13. The molecule has 15 heavy (non-hydrogen) atoms. The Morgan fingerprint density at radius 1 is 1.60 bits per heavy atom. The van der Waals surface area contributed by atoms with Gasteiger partial charge in [-0.05, 0) is 19.8 Å². The summed E-state index contributed by atoms with van der Waals surface area (Å²) in [6, 6.07) is 3.31. The van der Waals surface area contributed by atoms with Crippen LogP contribution in [-0.4, -0.2) is 14.9 Å². The molecule has 0 spiro atoms. The van der Waals surface area contributed by atoms with Crippen LogP contribution < -0.4 is 0 Å². The Kier molecular flexibility index (Phi) is 1.64. The fraction of sp³-hybridized carbons (Fsp3) is 0.364. The molecule has 0 aliphatic carbocycles. The third-order valence-electron chi connectivity index (χ3n) is 2.26. The highest BCUT2D eigenvalue weighted by molar-refractivity contribution is 9.10. The van der Waals surface area contributed by atoms with E-state index in [1.807, 2.05) is 0 Å². The largest absolute Gasteiger partial charge is 0.386 e. The topological polar surface area (TPSA) is 38.0 Å². The molecule has 4 heteroatoms. The van der Waals surface area contributed by atoms with E-state index in [0.717, 1.165) is 9.86 Å². The lowest BCUT2D eigenvalue weighted by atomic mass is 9.96. The van der Waals surface area contributed by atoms with Crippen LogP contribution in [0, 0.1) is 0 Å². The molecular weight excluding hydrogens is 256 g/mol. The van der Waals surface area contributed by atoms with E-state index in [-0.39, 0.29) is 0 Å². The second-order valence-electron chi connectivity index (χ2n) is 3.73. The summed E-state index contributed by atoms with van der Waals surface area (Å²) in [4.78, 5) is 0. The van der Waals surface area contributed by atoms with E-state index >= 15 is 0 Å². The van der Waals surface area contributed by atoms with Crippen molar-refractivity contribution in [2.75, 3.05) is 0 Å². The first-order valence-electron chi connectivity index (χ1n) is 5.99. The monoisotopic (exact) mass is 271 g/mol. The highest BCUT2D eigenvalue weighted by Crippen LogP contribution is 2.31. The molecule has 1 heterocycles. The second-order valence-corrected chi connectivity index (χ2v) is 4.59. The average molecular weight is 272 g/mol. The first-order valence-corrected chi connectivity index (χ1v) is 5.28. The minimum absolute atomic E-state index is 0.307. The van der Waals surface area contributed by atoms with Gasteiger partial charge in [-0.15, -0.1) is 0 Å². The molecule has 3 nitrogen and oxygen atoms in total. The van der Waals surface area contributed by atoms with Crippen LogP contribution in [0.5, 0.6) is 0 Å². The predicted molar refractivity (Wildman–Crippen MR) is 63.7 cm³/mol. The summed E-state index contributed by atoms with van der Waals surface area (Å²) in [7, 11) is 1.75. The smallest absolute Gasteiger partial charge is 0.0995 e. The number of hydrogen-bond donors (Lipinski definition) is 1. The molecule has 0 saturated carbocycles. The molecule has 80 valence electrons. The Morgan fingerprint density at radius 3 is 3.00 bits per heavy atom. The van der Waals surface area contributed by atoms with Crippen molar-refractivity contribution in [1.82, 2.24) is 9.78 Å². The zero-order valence-electron chi connectivity index (χ0n) is 11.5.